The molecule has 0 amide bonds. The third kappa shape index (κ3) is 2.63. The minimum atomic E-state index is -0.287. The highest BCUT2D eigenvalue weighted by atomic mass is 16.3. The lowest BCUT2D eigenvalue weighted by Gasteiger charge is -2.31. The largest absolute Gasteiger partial charge is 0.388 e. The van der Waals surface area contributed by atoms with Crippen molar-refractivity contribution in [1.29, 1.82) is 0 Å². The molecule has 1 aromatic rings. The summed E-state index contributed by atoms with van der Waals surface area (Å²) in [4.78, 5) is 2.47. The Balaban J connectivity index is 2.31. The highest BCUT2D eigenvalue weighted by Gasteiger charge is 2.23. The van der Waals surface area contributed by atoms with Gasteiger partial charge in [-0.3, -0.25) is 0 Å². The summed E-state index contributed by atoms with van der Waals surface area (Å²) in [6.07, 6.45) is 4.09. The van der Waals surface area contributed by atoms with Gasteiger partial charge in [-0.1, -0.05) is 31.5 Å². The van der Waals surface area contributed by atoms with Gasteiger partial charge in [-0.25, -0.2) is 0 Å². The van der Waals surface area contributed by atoms with Gasteiger partial charge in [-0.2, -0.15) is 0 Å². The fourth-order valence-electron chi connectivity index (χ4n) is 2.79. The Labute approximate surface area is 104 Å². The second-order valence-electron chi connectivity index (χ2n) is 5.05. The van der Waals surface area contributed by atoms with Crippen molar-refractivity contribution in [2.75, 3.05) is 11.4 Å². The van der Waals surface area contributed by atoms with E-state index in [0.717, 1.165) is 24.9 Å². The molecular weight excluding hydrogens is 210 g/mol. The van der Waals surface area contributed by atoms with Crippen LogP contribution in [0, 0.1) is 0 Å². The van der Waals surface area contributed by atoms with Crippen LogP contribution in [-0.4, -0.2) is 17.7 Å². The van der Waals surface area contributed by atoms with Crippen molar-refractivity contribution in [3.05, 3.63) is 29.8 Å². The molecule has 0 saturated carbocycles. The van der Waals surface area contributed by atoms with Crippen molar-refractivity contribution in [1.82, 2.24) is 0 Å². The molecule has 2 heteroatoms. The fraction of sp³-hybridized carbons (Fsp3) is 0.600. The lowest BCUT2D eigenvalue weighted by Crippen LogP contribution is -2.33. The first-order chi connectivity index (χ1) is 8.24. The molecule has 0 spiro atoms. The van der Waals surface area contributed by atoms with Crippen molar-refractivity contribution < 1.29 is 5.11 Å². The van der Waals surface area contributed by atoms with Crippen molar-refractivity contribution in [3.8, 4) is 0 Å². The predicted octanol–water partition coefficient (Wildman–Crippen LogP) is 3.51. The maximum Gasteiger partial charge on any atom is 0.0810 e. The van der Waals surface area contributed by atoms with Crippen LogP contribution >= 0.6 is 0 Å². The second-order valence-corrected chi connectivity index (χ2v) is 5.05. The molecule has 0 saturated heterocycles. The minimum absolute atomic E-state index is 0.287. The average molecular weight is 233 g/mol. The van der Waals surface area contributed by atoms with E-state index in [9.17, 15) is 5.11 Å². The van der Waals surface area contributed by atoms with Gasteiger partial charge in [-0.15, -0.1) is 0 Å². The molecular formula is C15H23NO. The van der Waals surface area contributed by atoms with Crippen molar-refractivity contribution in [2.24, 2.45) is 0 Å². The number of nitrogens with zero attached hydrogens (tertiary/aromatic N) is 1. The van der Waals surface area contributed by atoms with Gasteiger partial charge in [0, 0.05) is 23.8 Å². The molecule has 1 aliphatic heterocycles. The summed E-state index contributed by atoms with van der Waals surface area (Å²) in [6, 6.07) is 8.87. The molecule has 2 rings (SSSR count). The number of hydrogen-bond donors (Lipinski definition) is 1. The number of fused-ring (bicyclic) bond motifs is 1. The van der Waals surface area contributed by atoms with Gasteiger partial charge in [0.05, 0.1) is 6.10 Å². The zero-order valence-corrected chi connectivity index (χ0v) is 10.9. The molecule has 0 aromatic heterocycles. The Morgan fingerprint density at radius 3 is 2.94 bits per heavy atom. The van der Waals surface area contributed by atoms with E-state index in [2.05, 4.69) is 36.9 Å². The maximum atomic E-state index is 10.1. The molecule has 2 atom stereocenters. The first-order valence-electron chi connectivity index (χ1n) is 6.77. The summed E-state index contributed by atoms with van der Waals surface area (Å²) in [5.41, 5.74) is 2.34. The summed E-state index contributed by atoms with van der Waals surface area (Å²) < 4.78 is 0. The zero-order chi connectivity index (χ0) is 12.3. The summed E-state index contributed by atoms with van der Waals surface area (Å²) in [7, 11) is 0. The highest BCUT2D eigenvalue weighted by molar-refractivity contribution is 5.56. The maximum absolute atomic E-state index is 10.1. The standard InChI is InChI=1S/C15H23NO/c1-3-7-12(2)16-11-6-10-15(17)13-8-4-5-9-14(13)16/h4-5,8-9,12,15,17H,3,6-7,10-11H2,1-2H3. The third-order valence-electron chi connectivity index (χ3n) is 3.72. The van der Waals surface area contributed by atoms with E-state index in [4.69, 9.17) is 0 Å². The molecule has 1 aliphatic rings. The molecule has 1 aromatic carbocycles. The molecule has 1 N–H and O–H groups in total. The molecule has 17 heavy (non-hydrogen) atoms. The first kappa shape index (κ1) is 12.4. The Morgan fingerprint density at radius 2 is 2.18 bits per heavy atom. The number of para-hydroxylation sites is 1. The predicted molar refractivity (Wildman–Crippen MR) is 72.4 cm³/mol. The van der Waals surface area contributed by atoms with Gasteiger partial charge >= 0.3 is 0 Å². The number of aliphatic hydroxyl groups is 1. The lowest BCUT2D eigenvalue weighted by atomic mass is 10.0. The highest BCUT2D eigenvalue weighted by Crippen LogP contribution is 2.34. The smallest absolute Gasteiger partial charge is 0.0810 e. The van der Waals surface area contributed by atoms with Gasteiger partial charge in [0.1, 0.15) is 0 Å². The van der Waals surface area contributed by atoms with Crippen LogP contribution in [0.1, 0.15) is 51.2 Å². The SMILES string of the molecule is CCCC(C)N1CCCC(O)c2ccccc21. The summed E-state index contributed by atoms with van der Waals surface area (Å²) in [6.45, 7) is 5.59. The molecule has 2 unspecified atom stereocenters. The number of benzene rings is 1. The van der Waals surface area contributed by atoms with E-state index in [-0.39, 0.29) is 6.10 Å². The van der Waals surface area contributed by atoms with Crippen molar-refractivity contribution in [3.63, 3.8) is 0 Å². The average Bonchev–Trinajstić information content (AvgIpc) is 2.50. The monoisotopic (exact) mass is 233 g/mol. The number of rotatable bonds is 3. The number of anilines is 1. The van der Waals surface area contributed by atoms with Crippen LogP contribution in [-0.2, 0) is 0 Å². The van der Waals surface area contributed by atoms with E-state index in [1.54, 1.807) is 0 Å². The van der Waals surface area contributed by atoms with Crippen LogP contribution < -0.4 is 4.90 Å². The summed E-state index contributed by atoms with van der Waals surface area (Å²) in [5.74, 6) is 0. The number of aliphatic hydroxyl groups excluding tert-OH is 1. The van der Waals surface area contributed by atoms with Crippen LogP contribution in [0.15, 0.2) is 24.3 Å². The number of hydrogen-bond acceptors (Lipinski definition) is 2. The first-order valence-corrected chi connectivity index (χ1v) is 6.77. The molecule has 0 fully saturated rings. The van der Waals surface area contributed by atoms with Crippen LogP contribution in [0.4, 0.5) is 5.69 Å². The Kier molecular flexibility index (Phi) is 4.06. The van der Waals surface area contributed by atoms with Crippen molar-refractivity contribution >= 4 is 5.69 Å². The van der Waals surface area contributed by atoms with E-state index < -0.39 is 0 Å². The van der Waals surface area contributed by atoms with E-state index in [0.29, 0.717) is 6.04 Å². The summed E-state index contributed by atoms with van der Waals surface area (Å²) in [5, 5.41) is 10.1. The van der Waals surface area contributed by atoms with E-state index in [1.807, 2.05) is 6.07 Å². The Bertz CT molecular complexity index is 364. The summed E-state index contributed by atoms with van der Waals surface area (Å²) >= 11 is 0. The zero-order valence-electron chi connectivity index (χ0n) is 10.9. The quantitative estimate of drug-likeness (QED) is 0.863. The van der Waals surface area contributed by atoms with E-state index in [1.165, 1.54) is 18.5 Å². The van der Waals surface area contributed by atoms with Gasteiger partial charge in [0.2, 0.25) is 0 Å². The molecule has 1 heterocycles. The Morgan fingerprint density at radius 1 is 1.41 bits per heavy atom. The van der Waals surface area contributed by atoms with Gasteiger partial charge in [-0.05, 0) is 32.3 Å². The minimum Gasteiger partial charge on any atom is -0.388 e. The Hall–Kier alpha value is -1.02. The third-order valence-corrected chi connectivity index (χ3v) is 3.72. The molecule has 0 bridgehead atoms. The molecule has 94 valence electrons. The normalized spacial score (nSPS) is 21.8. The van der Waals surface area contributed by atoms with Crippen LogP contribution in [0.3, 0.4) is 0 Å². The molecule has 0 radical (unpaired) electrons. The van der Waals surface area contributed by atoms with Crippen LogP contribution in [0.25, 0.3) is 0 Å². The van der Waals surface area contributed by atoms with Gasteiger partial charge in [0.15, 0.2) is 0 Å². The lowest BCUT2D eigenvalue weighted by molar-refractivity contribution is 0.168. The second kappa shape index (κ2) is 5.54. The van der Waals surface area contributed by atoms with Crippen LogP contribution in [0.2, 0.25) is 0 Å². The molecule has 0 aliphatic carbocycles. The fourth-order valence-corrected chi connectivity index (χ4v) is 2.79. The van der Waals surface area contributed by atoms with Crippen LogP contribution in [0.5, 0.6) is 0 Å². The van der Waals surface area contributed by atoms with Crippen molar-refractivity contribution in [2.45, 2.75) is 51.7 Å². The topological polar surface area (TPSA) is 23.5 Å². The van der Waals surface area contributed by atoms with Gasteiger partial charge < -0.3 is 10.0 Å². The van der Waals surface area contributed by atoms with Gasteiger partial charge in [0.25, 0.3) is 0 Å². The molecule has 2 nitrogen and oxygen atoms in total. The van der Waals surface area contributed by atoms with E-state index >= 15 is 0 Å².